The summed E-state index contributed by atoms with van der Waals surface area (Å²) in [6.07, 6.45) is 7.73. The van der Waals surface area contributed by atoms with Gasteiger partial charge in [0.25, 0.3) is 17.7 Å². The number of anilines is 9. The zero-order valence-corrected chi connectivity index (χ0v) is 60.3. The summed E-state index contributed by atoms with van der Waals surface area (Å²) in [6, 6.07) is 11.2. The minimum Gasteiger partial charge on any atom is -0.380 e. The van der Waals surface area contributed by atoms with E-state index in [4.69, 9.17) is 14.2 Å². The van der Waals surface area contributed by atoms with Crippen LogP contribution in [0.3, 0.4) is 0 Å². The van der Waals surface area contributed by atoms with E-state index < -0.39 is 47.8 Å². The summed E-state index contributed by atoms with van der Waals surface area (Å²) < 4.78 is 97.0. The van der Waals surface area contributed by atoms with Crippen molar-refractivity contribution in [2.75, 3.05) is 130 Å². The van der Waals surface area contributed by atoms with Crippen LogP contribution >= 0.6 is 0 Å². The molecule has 0 unspecified atom stereocenters. The van der Waals surface area contributed by atoms with Crippen molar-refractivity contribution in [3.8, 4) is 0 Å². The van der Waals surface area contributed by atoms with Gasteiger partial charge in [-0.25, -0.2) is 69.3 Å². The number of nitrogens with zero attached hydrogens (tertiary/aromatic N) is 18. The Morgan fingerprint density at radius 1 is 0.424 bits per heavy atom. The van der Waals surface area contributed by atoms with Gasteiger partial charge in [-0.3, -0.25) is 28.4 Å². The maximum absolute atomic E-state index is 12.8. The highest BCUT2D eigenvalue weighted by atomic mass is 32.2. The lowest BCUT2D eigenvalue weighted by Crippen LogP contribution is -2.30. The molecular weight excluding hydrogens is 1350 g/mol. The summed E-state index contributed by atoms with van der Waals surface area (Å²) in [5.74, 6) is 1.24. The average molecular weight is 1430 g/mol. The summed E-state index contributed by atoms with van der Waals surface area (Å²) in [7, 11) is -5.96. The summed E-state index contributed by atoms with van der Waals surface area (Å²) >= 11 is 0. The predicted molar refractivity (Wildman–Crippen MR) is 376 cm³/mol. The van der Waals surface area contributed by atoms with E-state index in [1.54, 1.807) is 33.3 Å². The second kappa shape index (κ2) is 34.0. The van der Waals surface area contributed by atoms with Crippen LogP contribution in [0.2, 0.25) is 0 Å². The largest absolute Gasteiger partial charge is 0.380 e. The summed E-state index contributed by atoms with van der Waals surface area (Å²) in [5.41, 5.74) is 4.58. The normalized spacial score (nSPS) is 11.5. The predicted octanol–water partition coefficient (Wildman–Crippen LogP) is 4.37. The number of amides is 3. The molecule has 9 heterocycles. The molecule has 0 aliphatic heterocycles. The Balaban J connectivity index is 0.000000209. The third kappa shape index (κ3) is 21.0. The van der Waals surface area contributed by atoms with Crippen molar-refractivity contribution in [2.24, 2.45) is 0 Å². The Morgan fingerprint density at radius 3 is 0.889 bits per heavy atom. The molecule has 0 saturated carbocycles. The fourth-order valence-corrected chi connectivity index (χ4v) is 10.4. The molecule has 9 aromatic rings. The number of ether oxygens (including phenoxy) is 3. The number of carbonyl (C=O) groups excluding carboxylic acids is 3. The molecule has 0 aliphatic carbocycles. The van der Waals surface area contributed by atoms with Crippen LogP contribution in [0, 0.1) is 20.8 Å². The number of aromatic nitrogens is 15. The molecule has 534 valence electrons. The highest BCUT2D eigenvalue weighted by Gasteiger charge is 2.30. The number of carbonyl (C=O) groups is 3. The van der Waals surface area contributed by atoms with Crippen molar-refractivity contribution < 1.29 is 53.8 Å². The van der Waals surface area contributed by atoms with Crippen molar-refractivity contribution >= 4 is 134 Å². The molecule has 9 aromatic heterocycles. The van der Waals surface area contributed by atoms with Crippen molar-refractivity contribution in [1.29, 1.82) is 0 Å². The first kappa shape index (κ1) is 76.4. The van der Waals surface area contributed by atoms with Crippen molar-refractivity contribution in [1.82, 2.24) is 88.4 Å². The number of aryl methyl sites for hydroxylation is 3. The van der Waals surface area contributed by atoms with E-state index in [0.717, 1.165) is 35.5 Å². The Bertz CT molecular complexity index is 4240. The highest BCUT2D eigenvalue weighted by Crippen LogP contribution is 2.32. The molecule has 9 rings (SSSR count). The molecule has 6 N–H and O–H groups in total. The van der Waals surface area contributed by atoms with Gasteiger partial charge in [0.15, 0.2) is 34.5 Å². The summed E-state index contributed by atoms with van der Waals surface area (Å²) in [5, 5.41) is 22.7. The second-order valence-electron chi connectivity index (χ2n) is 22.2. The van der Waals surface area contributed by atoms with Crippen LogP contribution in [-0.2, 0) is 63.9 Å². The third-order valence-corrected chi connectivity index (χ3v) is 15.8. The molecule has 0 spiro atoms. The van der Waals surface area contributed by atoms with Crippen molar-refractivity contribution in [2.45, 2.75) is 81.9 Å². The van der Waals surface area contributed by atoms with Gasteiger partial charge in [0.1, 0.15) is 50.6 Å². The zero-order chi connectivity index (χ0) is 72.5. The van der Waals surface area contributed by atoms with Gasteiger partial charge in [-0.2, -0.15) is 30.2 Å². The fourth-order valence-electron chi connectivity index (χ4n) is 9.07. The number of rotatable bonds is 30. The first-order chi connectivity index (χ1) is 46.9. The van der Waals surface area contributed by atoms with Gasteiger partial charge in [-0.1, -0.05) is 0 Å². The zero-order valence-electron chi connectivity index (χ0n) is 57.9. The molecular formula is C60H84N24O12S3. The topological polar surface area (TPSA) is 433 Å². The lowest BCUT2D eigenvalue weighted by atomic mass is 10.3. The van der Waals surface area contributed by atoms with E-state index in [9.17, 15) is 39.6 Å². The molecule has 0 saturated heterocycles. The van der Waals surface area contributed by atoms with Gasteiger partial charge in [0.2, 0.25) is 47.9 Å². The summed E-state index contributed by atoms with van der Waals surface area (Å²) in [4.78, 5) is 84.3. The number of sulfonamides is 3. The van der Waals surface area contributed by atoms with Gasteiger partial charge in [0, 0.05) is 79.2 Å². The van der Waals surface area contributed by atoms with Gasteiger partial charge in [0.05, 0.1) is 58.2 Å². The smallest absolute Gasteiger partial charge is 0.287 e. The van der Waals surface area contributed by atoms with Gasteiger partial charge in [-0.15, -0.1) is 0 Å². The molecule has 99 heavy (non-hydrogen) atoms. The Labute approximate surface area is 573 Å². The Kier molecular flexibility index (Phi) is 26.2. The maximum Gasteiger partial charge on any atom is 0.287 e. The molecule has 0 aromatic carbocycles. The summed E-state index contributed by atoms with van der Waals surface area (Å²) in [6.45, 7) is 22.5. The minimum absolute atomic E-state index is 0.125. The van der Waals surface area contributed by atoms with Crippen LogP contribution in [-0.4, -0.2) is 216 Å². The maximum atomic E-state index is 12.8. The third-order valence-electron chi connectivity index (χ3n) is 14.1. The van der Waals surface area contributed by atoms with Crippen molar-refractivity contribution in [3.05, 3.63) is 88.8 Å². The first-order valence-electron chi connectivity index (χ1n) is 31.3. The molecule has 36 nitrogen and oxygen atoms in total. The Morgan fingerprint density at radius 2 is 0.677 bits per heavy atom. The van der Waals surface area contributed by atoms with E-state index in [-0.39, 0.29) is 33.6 Å². The molecule has 0 aliphatic rings. The second-order valence-corrected chi connectivity index (χ2v) is 27.4. The first-order valence-corrected chi connectivity index (χ1v) is 36.9. The van der Waals surface area contributed by atoms with E-state index in [1.807, 2.05) is 134 Å². The van der Waals surface area contributed by atoms with Crippen LogP contribution in [0.15, 0.2) is 55.0 Å². The van der Waals surface area contributed by atoms with Gasteiger partial charge >= 0.3 is 0 Å². The number of hydrogen-bond donors (Lipinski definition) is 6. The number of hydrogen-bond acceptors (Lipinski definition) is 30. The minimum atomic E-state index is -3.80. The van der Waals surface area contributed by atoms with E-state index in [2.05, 4.69) is 76.1 Å². The average Bonchev–Trinajstić information content (AvgIpc) is 1.64. The van der Waals surface area contributed by atoms with E-state index >= 15 is 0 Å². The van der Waals surface area contributed by atoms with Gasteiger partial charge in [-0.05, 0) is 115 Å². The van der Waals surface area contributed by atoms with Crippen LogP contribution in [0.1, 0.15) is 89.7 Å². The molecule has 3 amide bonds. The number of pyridine rings is 3. The molecule has 0 radical (unpaired) electrons. The quantitative estimate of drug-likeness (QED) is 0.0340. The van der Waals surface area contributed by atoms with Crippen LogP contribution in [0.4, 0.5) is 52.8 Å². The lowest BCUT2D eigenvalue weighted by Gasteiger charge is -2.17. The lowest BCUT2D eigenvalue weighted by molar-refractivity contribution is 0.0967. The van der Waals surface area contributed by atoms with Crippen LogP contribution < -0.4 is 44.8 Å². The molecule has 0 atom stereocenters. The SMILES string of the molecule is CCOCCn1nc(C(=O)NS(C)(=O)=O)c2nc(N(C)CC)nc(Nc3cc(C)ccn3)c21.CCOCCn1nc(C(=O)NS(C)(=O)=O)c2nc(N(C)CC)nc(Nc3cc(C)ccn3)c21.CCOCCn1nc(C(=O)NS(C)(=O)=O)c2nc(N(C)CC)nc(Nc3cc(C)ccn3)c21. The monoisotopic (exact) mass is 1430 g/mol. The molecule has 0 bridgehead atoms. The van der Waals surface area contributed by atoms with Crippen LogP contribution in [0.25, 0.3) is 33.1 Å². The van der Waals surface area contributed by atoms with E-state index in [0.29, 0.717) is 148 Å². The van der Waals surface area contributed by atoms with Crippen molar-refractivity contribution in [3.63, 3.8) is 0 Å². The Hall–Kier alpha value is -9.96. The fraction of sp³-hybridized carbons (Fsp3) is 0.450. The van der Waals surface area contributed by atoms with Gasteiger partial charge < -0.3 is 44.9 Å². The molecule has 39 heteroatoms. The highest BCUT2D eigenvalue weighted by molar-refractivity contribution is 7.89. The standard InChI is InChI=1S/3C20H28N8O4S/c3*1-6-27(4)20-23-15-16(19(29)26-33(5,30)31)25-28(10-11-32-7-2)17(15)18(24-20)22-14-12-13(3)8-9-21-14/h3*8-9,12H,6-7,10-11H2,1-5H3,(H,26,29)(H,21,22,23,24). The number of fused-ring (bicyclic) bond motifs is 3. The molecule has 0 fully saturated rings. The van der Waals surface area contributed by atoms with Crippen LogP contribution in [0.5, 0.6) is 0 Å². The van der Waals surface area contributed by atoms with E-state index in [1.165, 1.54) is 14.0 Å². The number of nitrogens with one attached hydrogen (secondary N) is 6.